The second-order valence-corrected chi connectivity index (χ2v) is 6.99. The molecule has 0 aliphatic heterocycles. The Balaban J connectivity index is 0. The van der Waals surface area contributed by atoms with Gasteiger partial charge in [0.05, 0.1) is 0 Å². The maximum atomic E-state index is 9.03. The first kappa shape index (κ1) is 32.4. The number of nitrogens with two attached hydrogens (primary N) is 3. The van der Waals surface area contributed by atoms with E-state index >= 15 is 0 Å². The van der Waals surface area contributed by atoms with Crippen molar-refractivity contribution in [1.82, 2.24) is 0 Å². The van der Waals surface area contributed by atoms with Crippen molar-refractivity contribution < 1.29 is 5.11 Å². The quantitative estimate of drug-likeness (QED) is 0.319. The smallest absolute Gasteiger partial charge is 0.120 e. The molecule has 184 valence electrons. The van der Waals surface area contributed by atoms with Crippen molar-refractivity contribution in [3.63, 3.8) is 0 Å². The average molecular weight is 454 g/mol. The molecule has 0 aromatic heterocycles. The normalized spacial score (nSPS) is 8.85. The second kappa shape index (κ2) is 22.4. The summed E-state index contributed by atoms with van der Waals surface area (Å²) in [5, 5.41) is 9.03. The van der Waals surface area contributed by atoms with Gasteiger partial charge in [-0.05, 0) is 49.2 Å². The minimum Gasteiger partial charge on any atom is -0.508 e. The summed E-state index contributed by atoms with van der Waals surface area (Å²) in [4.78, 5) is 0. The number of rotatable bonds is 5. The number of benzene rings is 3. The summed E-state index contributed by atoms with van der Waals surface area (Å²) in [6.07, 6.45) is 4.99. The zero-order valence-corrected chi connectivity index (χ0v) is 21.6. The molecule has 0 spiro atoms. The molecule has 4 heteroatoms. The molecule has 0 fully saturated rings. The molecular formula is C29H47N3O. The number of hydrogen-bond acceptors (Lipinski definition) is 4. The Kier molecular flexibility index (Phi) is 21.9. The van der Waals surface area contributed by atoms with Crippen LogP contribution in [0.4, 0.5) is 5.69 Å². The predicted molar refractivity (Wildman–Crippen MR) is 147 cm³/mol. The van der Waals surface area contributed by atoms with Crippen LogP contribution in [0.3, 0.4) is 0 Å². The van der Waals surface area contributed by atoms with Crippen LogP contribution < -0.4 is 17.2 Å². The third-order valence-corrected chi connectivity index (χ3v) is 4.62. The van der Waals surface area contributed by atoms with Crippen LogP contribution in [-0.4, -0.2) is 12.2 Å². The molecule has 3 rings (SSSR count). The van der Waals surface area contributed by atoms with Crippen LogP contribution in [0, 0.1) is 6.92 Å². The van der Waals surface area contributed by atoms with Crippen molar-refractivity contribution in [1.29, 1.82) is 0 Å². The Bertz CT molecular complexity index is 789. The Hall–Kier alpha value is -2.82. The van der Waals surface area contributed by atoms with Gasteiger partial charge in [0.15, 0.2) is 0 Å². The molecule has 0 saturated carbocycles. The summed E-state index contributed by atoms with van der Waals surface area (Å²) in [7, 11) is 1.50. The maximum Gasteiger partial charge on any atom is 0.120 e. The van der Waals surface area contributed by atoms with E-state index in [4.69, 9.17) is 16.6 Å². The Morgan fingerprint density at radius 3 is 1.55 bits per heavy atom. The molecule has 3 aromatic rings. The molecule has 0 heterocycles. The van der Waals surface area contributed by atoms with Crippen LogP contribution in [0.1, 0.15) is 69.2 Å². The number of aromatic hydroxyl groups is 1. The Morgan fingerprint density at radius 1 is 0.697 bits per heavy atom. The van der Waals surface area contributed by atoms with Crippen molar-refractivity contribution in [2.45, 2.75) is 66.8 Å². The van der Waals surface area contributed by atoms with E-state index in [-0.39, 0.29) is 5.75 Å². The number of phenolic OH excluding ortho intramolecular Hbond substituents is 1. The minimum absolute atomic E-state index is 0.278. The zero-order valence-electron chi connectivity index (χ0n) is 21.6. The third-order valence-electron chi connectivity index (χ3n) is 4.62. The Morgan fingerprint density at radius 2 is 1.15 bits per heavy atom. The van der Waals surface area contributed by atoms with Crippen LogP contribution >= 0.6 is 0 Å². The monoisotopic (exact) mass is 453 g/mol. The van der Waals surface area contributed by atoms with E-state index in [0.29, 0.717) is 6.54 Å². The van der Waals surface area contributed by atoms with Gasteiger partial charge in [-0.15, -0.1) is 0 Å². The van der Waals surface area contributed by atoms with Crippen LogP contribution in [-0.2, 0) is 13.0 Å². The van der Waals surface area contributed by atoms with Gasteiger partial charge in [-0.3, -0.25) is 0 Å². The molecule has 3 aromatic carbocycles. The van der Waals surface area contributed by atoms with Crippen molar-refractivity contribution in [2.24, 2.45) is 11.5 Å². The highest BCUT2D eigenvalue weighted by Crippen LogP contribution is 2.18. The molecule has 0 radical (unpaired) electrons. The van der Waals surface area contributed by atoms with Gasteiger partial charge in [0.2, 0.25) is 0 Å². The number of nitrogen functional groups attached to an aromatic ring is 1. The third kappa shape index (κ3) is 14.8. The van der Waals surface area contributed by atoms with Gasteiger partial charge >= 0.3 is 0 Å². The van der Waals surface area contributed by atoms with Gasteiger partial charge in [-0.1, -0.05) is 108 Å². The summed E-state index contributed by atoms with van der Waals surface area (Å²) in [6.45, 7) is 11.0. The number of phenols is 1. The van der Waals surface area contributed by atoms with Gasteiger partial charge in [0.25, 0.3) is 0 Å². The van der Waals surface area contributed by atoms with E-state index in [9.17, 15) is 0 Å². The highest BCUT2D eigenvalue weighted by Gasteiger charge is 2.01. The number of hydrogen-bond donors (Lipinski definition) is 4. The first-order chi connectivity index (χ1) is 16.0. The average Bonchev–Trinajstić information content (AvgIpc) is 2.86. The summed E-state index contributed by atoms with van der Waals surface area (Å²) >= 11 is 0. The molecule has 0 amide bonds. The number of unbranched alkanes of at least 4 members (excludes halogenated alkanes) is 2. The SMILES string of the molecule is CC.CCCCC.CN.Cc1ccccc1Cc1ccccc1N.NCc1ccccc1O. The lowest BCUT2D eigenvalue weighted by Gasteiger charge is -2.07. The lowest BCUT2D eigenvalue weighted by atomic mass is 10.00. The predicted octanol–water partition coefficient (Wildman–Crippen LogP) is 6.82. The van der Waals surface area contributed by atoms with Crippen LogP contribution in [0.25, 0.3) is 0 Å². The molecule has 0 saturated heterocycles. The van der Waals surface area contributed by atoms with Gasteiger partial charge < -0.3 is 22.3 Å². The number of aryl methyl sites for hydroxylation is 1. The highest BCUT2D eigenvalue weighted by molar-refractivity contribution is 5.49. The van der Waals surface area contributed by atoms with E-state index in [0.717, 1.165) is 17.7 Å². The molecule has 0 aliphatic rings. The highest BCUT2D eigenvalue weighted by atomic mass is 16.3. The Labute approximate surface area is 202 Å². The van der Waals surface area contributed by atoms with Crippen LogP contribution in [0.15, 0.2) is 72.8 Å². The van der Waals surface area contributed by atoms with Crippen LogP contribution in [0.2, 0.25) is 0 Å². The van der Waals surface area contributed by atoms with Crippen molar-refractivity contribution >= 4 is 5.69 Å². The summed E-state index contributed by atoms with van der Waals surface area (Å²) in [5.74, 6) is 0.278. The lowest BCUT2D eigenvalue weighted by molar-refractivity contribution is 0.468. The largest absolute Gasteiger partial charge is 0.508 e. The first-order valence-electron chi connectivity index (χ1n) is 12.0. The van der Waals surface area contributed by atoms with Crippen LogP contribution in [0.5, 0.6) is 5.75 Å². The molecule has 33 heavy (non-hydrogen) atoms. The molecule has 0 atom stereocenters. The van der Waals surface area contributed by atoms with E-state index in [1.165, 1.54) is 43.0 Å². The molecule has 0 bridgehead atoms. The van der Waals surface area contributed by atoms with Gasteiger partial charge in [-0.2, -0.15) is 0 Å². The van der Waals surface area contributed by atoms with Gasteiger partial charge in [-0.25, -0.2) is 0 Å². The molecule has 7 N–H and O–H groups in total. The summed E-state index contributed by atoms with van der Waals surface area (Å²) in [5.41, 5.74) is 21.2. The van der Waals surface area contributed by atoms with E-state index in [1.807, 2.05) is 38.1 Å². The fourth-order valence-electron chi connectivity index (χ4n) is 2.75. The van der Waals surface area contributed by atoms with Crippen molar-refractivity contribution in [3.8, 4) is 5.75 Å². The zero-order chi connectivity index (χ0) is 25.5. The van der Waals surface area contributed by atoms with Gasteiger partial charge in [0, 0.05) is 17.8 Å². The summed E-state index contributed by atoms with van der Waals surface area (Å²) < 4.78 is 0. The van der Waals surface area contributed by atoms with Crippen molar-refractivity contribution in [2.75, 3.05) is 12.8 Å². The molecular weight excluding hydrogens is 406 g/mol. The maximum absolute atomic E-state index is 9.03. The second-order valence-electron chi connectivity index (χ2n) is 6.99. The van der Waals surface area contributed by atoms with Crippen molar-refractivity contribution in [3.05, 3.63) is 95.1 Å². The fraction of sp³-hybridized carbons (Fsp3) is 0.379. The topological polar surface area (TPSA) is 98.3 Å². The number of anilines is 1. The standard InChI is InChI=1S/C14H15N.C7H9NO.C5H12.C2H6.CH5N/c1-11-6-2-3-7-12(11)10-13-8-4-5-9-14(13)15;8-5-6-3-1-2-4-7(6)9;1-3-5-4-2;2*1-2/h2-9H,10,15H2,1H3;1-4,9H,5,8H2;3-5H2,1-2H3;1-2H3;2H2,1H3. The van der Waals surface area contributed by atoms with Gasteiger partial charge in [0.1, 0.15) is 5.75 Å². The number of para-hydroxylation sites is 2. The minimum atomic E-state index is 0.278. The molecule has 0 unspecified atom stereocenters. The fourth-order valence-corrected chi connectivity index (χ4v) is 2.75. The van der Waals surface area contributed by atoms with E-state index in [1.54, 1.807) is 18.2 Å². The molecule has 0 aliphatic carbocycles. The summed E-state index contributed by atoms with van der Waals surface area (Å²) in [6, 6.07) is 23.5. The molecule has 4 nitrogen and oxygen atoms in total. The lowest BCUT2D eigenvalue weighted by Crippen LogP contribution is -1.96. The van der Waals surface area contributed by atoms with E-state index < -0.39 is 0 Å². The van der Waals surface area contributed by atoms with E-state index in [2.05, 4.69) is 56.8 Å². The first-order valence-corrected chi connectivity index (χ1v) is 12.0.